The van der Waals surface area contributed by atoms with Crippen LogP contribution in [0.5, 0.6) is 0 Å². The average molecular weight is 699 g/mol. The molecular formula is C52H46N2. The van der Waals surface area contributed by atoms with Crippen LogP contribution < -0.4 is 9.80 Å². The summed E-state index contributed by atoms with van der Waals surface area (Å²) in [6.07, 6.45) is 0. The zero-order chi connectivity index (χ0) is 37.1. The Hall–Kier alpha value is -6.12. The highest BCUT2D eigenvalue weighted by atomic mass is 15.1. The maximum atomic E-state index is 2.42. The van der Waals surface area contributed by atoms with Gasteiger partial charge in [0.15, 0.2) is 0 Å². The van der Waals surface area contributed by atoms with E-state index < -0.39 is 0 Å². The smallest absolute Gasteiger partial charge is 0.0493 e. The van der Waals surface area contributed by atoms with Crippen molar-refractivity contribution in [1.29, 1.82) is 0 Å². The van der Waals surface area contributed by atoms with Crippen LogP contribution in [0.25, 0.3) is 43.8 Å². The average Bonchev–Trinajstić information content (AvgIpc) is 3.19. The summed E-state index contributed by atoms with van der Waals surface area (Å²) in [5, 5.41) is 5.02. The van der Waals surface area contributed by atoms with Crippen molar-refractivity contribution in [3.05, 3.63) is 180 Å². The van der Waals surface area contributed by atoms with Crippen molar-refractivity contribution in [2.45, 2.75) is 53.4 Å². The quantitative estimate of drug-likeness (QED) is 0.156. The van der Waals surface area contributed by atoms with Crippen LogP contribution in [0.1, 0.15) is 61.8 Å². The molecule has 0 heterocycles. The van der Waals surface area contributed by atoms with Gasteiger partial charge in [0.2, 0.25) is 0 Å². The normalized spacial score (nSPS) is 11.9. The number of hydrogen-bond acceptors (Lipinski definition) is 2. The molecule has 0 unspecified atom stereocenters. The van der Waals surface area contributed by atoms with Gasteiger partial charge >= 0.3 is 0 Å². The van der Waals surface area contributed by atoms with Gasteiger partial charge in [-0.3, -0.25) is 0 Å². The SMILES string of the molecule is Cc1ccc(C(C)C)cc1N(c1ccccc1)c1ccc2cc3c(cc2c1)-c1cc2cc(N(c4ccccc4)c4cc(C(C)C)ccc4C)ccc2cc1-3. The van der Waals surface area contributed by atoms with Gasteiger partial charge in [0.1, 0.15) is 0 Å². The molecule has 0 amide bonds. The van der Waals surface area contributed by atoms with Gasteiger partial charge in [-0.2, -0.15) is 0 Å². The van der Waals surface area contributed by atoms with Crippen LogP contribution in [0, 0.1) is 13.8 Å². The minimum Gasteiger partial charge on any atom is -0.310 e. The van der Waals surface area contributed by atoms with Gasteiger partial charge in [-0.05, 0) is 177 Å². The number of rotatable bonds is 8. The Morgan fingerprint density at radius 1 is 0.333 bits per heavy atom. The van der Waals surface area contributed by atoms with Gasteiger partial charge in [-0.1, -0.05) is 100 Å². The number of hydrogen-bond donors (Lipinski definition) is 0. The second-order valence-corrected chi connectivity index (χ2v) is 15.6. The van der Waals surface area contributed by atoms with Gasteiger partial charge in [-0.25, -0.2) is 0 Å². The van der Waals surface area contributed by atoms with Crippen LogP contribution in [-0.2, 0) is 0 Å². The van der Waals surface area contributed by atoms with E-state index in [1.807, 2.05) is 0 Å². The third-order valence-corrected chi connectivity index (χ3v) is 11.3. The molecule has 54 heavy (non-hydrogen) atoms. The fourth-order valence-corrected chi connectivity index (χ4v) is 8.14. The number of fused-ring (bicyclic) bond motifs is 6. The zero-order valence-corrected chi connectivity index (χ0v) is 32.1. The summed E-state index contributed by atoms with van der Waals surface area (Å²) in [5.74, 6) is 0.900. The van der Waals surface area contributed by atoms with E-state index >= 15 is 0 Å². The van der Waals surface area contributed by atoms with Gasteiger partial charge in [0.25, 0.3) is 0 Å². The number of nitrogens with zero attached hydrogens (tertiary/aromatic N) is 2. The van der Waals surface area contributed by atoms with E-state index in [9.17, 15) is 0 Å². The molecule has 0 aromatic heterocycles. The molecule has 0 fully saturated rings. The molecular weight excluding hydrogens is 653 g/mol. The van der Waals surface area contributed by atoms with E-state index in [1.165, 1.54) is 77.4 Å². The third-order valence-electron chi connectivity index (χ3n) is 11.3. The Bertz CT molecular complexity index is 2500. The maximum absolute atomic E-state index is 2.42. The summed E-state index contributed by atoms with van der Waals surface area (Å²) >= 11 is 0. The second-order valence-electron chi connectivity index (χ2n) is 15.6. The van der Waals surface area contributed by atoms with Crippen molar-refractivity contribution in [2.24, 2.45) is 0 Å². The Morgan fingerprint density at radius 2 is 0.704 bits per heavy atom. The summed E-state index contributed by atoms with van der Waals surface area (Å²) < 4.78 is 0. The Balaban J connectivity index is 1.14. The largest absolute Gasteiger partial charge is 0.310 e. The van der Waals surface area contributed by atoms with Crippen molar-refractivity contribution in [3.8, 4) is 22.3 Å². The fraction of sp³-hybridized carbons (Fsp3) is 0.154. The predicted octanol–water partition coefficient (Wildman–Crippen LogP) is 15.4. The highest BCUT2D eigenvalue weighted by Gasteiger charge is 2.25. The molecule has 2 nitrogen and oxygen atoms in total. The summed E-state index contributed by atoms with van der Waals surface area (Å²) in [7, 11) is 0. The van der Waals surface area contributed by atoms with Crippen molar-refractivity contribution >= 4 is 55.7 Å². The molecule has 8 aromatic rings. The van der Waals surface area contributed by atoms with Crippen molar-refractivity contribution < 1.29 is 0 Å². The maximum Gasteiger partial charge on any atom is 0.0493 e. The first-order chi connectivity index (χ1) is 26.2. The summed E-state index contributed by atoms with van der Waals surface area (Å²) in [4.78, 5) is 4.83. The first kappa shape index (κ1) is 33.7. The number of para-hydroxylation sites is 2. The van der Waals surface area contributed by atoms with Crippen molar-refractivity contribution in [2.75, 3.05) is 9.80 Å². The summed E-state index contributed by atoms with van der Waals surface area (Å²) in [6.45, 7) is 13.5. The van der Waals surface area contributed by atoms with Crippen LogP contribution in [0.2, 0.25) is 0 Å². The molecule has 9 rings (SSSR count). The minimum absolute atomic E-state index is 0.450. The highest BCUT2D eigenvalue weighted by molar-refractivity contribution is 6.12. The number of benzene rings is 8. The molecule has 264 valence electrons. The molecule has 1 aliphatic carbocycles. The Morgan fingerprint density at radius 3 is 1.07 bits per heavy atom. The lowest BCUT2D eigenvalue weighted by Crippen LogP contribution is -2.12. The predicted molar refractivity (Wildman–Crippen MR) is 233 cm³/mol. The number of aryl methyl sites for hydroxylation is 2. The van der Waals surface area contributed by atoms with E-state index in [4.69, 9.17) is 0 Å². The van der Waals surface area contributed by atoms with E-state index in [0.717, 1.165) is 22.7 Å². The molecule has 0 N–H and O–H groups in total. The van der Waals surface area contributed by atoms with E-state index in [-0.39, 0.29) is 0 Å². The first-order valence-corrected chi connectivity index (χ1v) is 19.3. The zero-order valence-electron chi connectivity index (χ0n) is 32.1. The monoisotopic (exact) mass is 698 g/mol. The van der Waals surface area contributed by atoms with Crippen LogP contribution in [0.15, 0.2) is 158 Å². The van der Waals surface area contributed by atoms with Crippen LogP contribution in [-0.4, -0.2) is 0 Å². The summed E-state index contributed by atoms with van der Waals surface area (Å²) in [5.41, 5.74) is 17.6. The molecule has 0 bridgehead atoms. The molecule has 0 atom stereocenters. The highest BCUT2D eigenvalue weighted by Crippen LogP contribution is 2.51. The molecule has 0 saturated carbocycles. The third kappa shape index (κ3) is 5.83. The lowest BCUT2D eigenvalue weighted by molar-refractivity contribution is 0.865. The Labute approximate surface area is 320 Å². The van der Waals surface area contributed by atoms with E-state index in [1.54, 1.807) is 0 Å². The van der Waals surface area contributed by atoms with Crippen molar-refractivity contribution in [3.63, 3.8) is 0 Å². The second kappa shape index (κ2) is 13.4. The van der Waals surface area contributed by atoms with Gasteiger partial charge < -0.3 is 9.80 Å². The molecule has 0 spiro atoms. The van der Waals surface area contributed by atoms with E-state index in [2.05, 4.69) is 209 Å². The molecule has 0 aliphatic heterocycles. The van der Waals surface area contributed by atoms with E-state index in [0.29, 0.717) is 11.8 Å². The van der Waals surface area contributed by atoms with Crippen LogP contribution >= 0.6 is 0 Å². The lowest BCUT2D eigenvalue weighted by atomic mass is 9.78. The van der Waals surface area contributed by atoms with Gasteiger partial charge in [0, 0.05) is 34.1 Å². The molecule has 0 radical (unpaired) electrons. The number of anilines is 6. The topological polar surface area (TPSA) is 6.48 Å². The van der Waals surface area contributed by atoms with Crippen LogP contribution in [0.4, 0.5) is 34.1 Å². The lowest BCUT2D eigenvalue weighted by Gasteiger charge is -2.30. The molecule has 0 saturated heterocycles. The van der Waals surface area contributed by atoms with Gasteiger partial charge in [0.05, 0.1) is 0 Å². The fourth-order valence-electron chi connectivity index (χ4n) is 8.14. The Kier molecular flexibility index (Phi) is 8.35. The van der Waals surface area contributed by atoms with Crippen molar-refractivity contribution in [1.82, 2.24) is 0 Å². The van der Waals surface area contributed by atoms with Gasteiger partial charge in [-0.15, -0.1) is 0 Å². The summed E-state index contributed by atoms with van der Waals surface area (Å²) in [6, 6.07) is 58.8. The molecule has 1 aliphatic rings. The first-order valence-electron chi connectivity index (χ1n) is 19.3. The minimum atomic E-state index is 0.450. The molecule has 8 aromatic carbocycles. The standard InChI is InChI=1S/C52H46N2/c1-33(2)37-19-17-35(5)51(31-37)53(43-13-9-7-10-14-43)45-23-21-39-27-47-48-28-40-22-24-46(26-42(40)30-50(48)49(47)29-41(39)25-45)54(44-15-11-8-12-16-44)52-32-38(34(3)4)20-18-36(52)6/h7-34H,1-6H3. The molecule has 2 heteroatoms. The van der Waals surface area contributed by atoms with Crippen LogP contribution in [0.3, 0.4) is 0 Å².